The average Bonchev–Trinajstić information content (AvgIpc) is 3.74. The molecule has 5 rings (SSSR count). The van der Waals surface area contributed by atoms with Gasteiger partial charge >= 0.3 is 12.1 Å². The van der Waals surface area contributed by atoms with Crippen molar-refractivity contribution in [2.24, 2.45) is 0 Å². The van der Waals surface area contributed by atoms with Crippen molar-refractivity contribution < 1.29 is 42.1 Å². The first-order valence-corrected chi connectivity index (χ1v) is 15.6. The van der Waals surface area contributed by atoms with Crippen LogP contribution in [0.15, 0.2) is 78.7 Å². The number of hydrogen-bond acceptors (Lipinski definition) is 8. The number of nitrogens with zero attached hydrogens (tertiary/aromatic N) is 4. The molecule has 0 aliphatic carbocycles. The molecule has 2 atom stereocenters. The first-order chi connectivity index (χ1) is 23.0. The number of hydrogen-bond donors (Lipinski definition) is 3. The number of amides is 1. The van der Waals surface area contributed by atoms with Gasteiger partial charge in [0.2, 0.25) is 17.0 Å². The van der Waals surface area contributed by atoms with Gasteiger partial charge in [-0.3, -0.25) is 10.1 Å². The molecule has 0 saturated heterocycles. The van der Waals surface area contributed by atoms with Crippen molar-refractivity contribution in [1.29, 1.82) is 5.26 Å². The molecule has 49 heavy (non-hydrogen) atoms. The molecule has 2 aromatic heterocycles. The number of rotatable bonds is 11. The predicted octanol–water partition coefficient (Wildman–Crippen LogP) is 5.55. The number of anilines is 1. The monoisotopic (exact) mass is 710 g/mol. The van der Waals surface area contributed by atoms with E-state index < -0.39 is 35.2 Å². The number of halogens is 3. The van der Waals surface area contributed by atoms with Gasteiger partial charge in [0, 0.05) is 28.7 Å². The molecule has 0 bridgehead atoms. The fourth-order valence-electron chi connectivity index (χ4n) is 5.33. The maximum Gasteiger partial charge on any atom is 0.416 e. The van der Waals surface area contributed by atoms with Gasteiger partial charge in [-0.2, -0.15) is 5.26 Å². The van der Waals surface area contributed by atoms with Crippen LogP contribution in [0.2, 0.25) is 0 Å². The van der Waals surface area contributed by atoms with Crippen molar-refractivity contribution in [3.8, 4) is 17.3 Å². The lowest BCUT2D eigenvalue weighted by Gasteiger charge is -2.31. The van der Waals surface area contributed by atoms with E-state index in [0.29, 0.717) is 33.1 Å². The second-order valence-electron chi connectivity index (χ2n) is 11.1. The number of ether oxygens (including phenoxy) is 2. The lowest BCUT2D eigenvalue weighted by atomic mass is 9.81. The molecule has 5 aromatic rings. The quantitative estimate of drug-likeness (QED) is 0.120. The summed E-state index contributed by atoms with van der Waals surface area (Å²) in [6, 6.07) is 16.9. The van der Waals surface area contributed by atoms with E-state index in [4.69, 9.17) is 9.47 Å². The number of aromatic amines is 1. The Morgan fingerprint density at radius 2 is 1.92 bits per heavy atom. The van der Waals surface area contributed by atoms with E-state index in [1.54, 1.807) is 53.3 Å². The van der Waals surface area contributed by atoms with Crippen LogP contribution in [0.4, 0.5) is 19.3 Å². The summed E-state index contributed by atoms with van der Waals surface area (Å²) >= 11 is 1.23. The number of aromatic nitrogens is 4. The van der Waals surface area contributed by atoms with Gasteiger partial charge in [0.15, 0.2) is 0 Å². The lowest BCUT2D eigenvalue weighted by molar-refractivity contribution is -0.727. The predicted molar refractivity (Wildman–Crippen MR) is 176 cm³/mol. The van der Waals surface area contributed by atoms with Crippen molar-refractivity contribution in [3.63, 3.8) is 0 Å². The molecule has 1 amide bonds. The second kappa shape index (κ2) is 15.8. The third kappa shape index (κ3) is 8.26. The van der Waals surface area contributed by atoms with Crippen LogP contribution < -0.4 is 14.5 Å². The number of nitriles is 1. The number of benzene rings is 3. The van der Waals surface area contributed by atoms with Crippen LogP contribution in [0.1, 0.15) is 47.0 Å². The second-order valence-corrected chi connectivity index (χ2v) is 12.0. The molecular formula is C34H33ClF2N6O5S+2. The Morgan fingerprint density at radius 1 is 1.16 bits per heavy atom. The molecule has 0 radical (unpaired) electrons. The summed E-state index contributed by atoms with van der Waals surface area (Å²) in [4.78, 5) is 24.6. The first-order valence-electron chi connectivity index (χ1n) is 14.7. The molecule has 254 valence electrons. The van der Waals surface area contributed by atoms with Crippen molar-refractivity contribution >= 4 is 41.5 Å². The van der Waals surface area contributed by atoms with Crippen LogP contribution in [0, 0.1) is 29.9 Å². The Labute approximate surface area is 290 Å². The molecule has 2 heterocycles. The third-order valence-electron chi connectivity index (χ3n) is 7.96. The van der Waals surface area contributed by atoms with E-state index in [9.17, 15) is 24.3 Å². The van der Waals surface area contributed by atoms with Crippen molar-refractivity contribution in [2.75, 3.05) is 5.32 Å². The van der Waals surface area contributed by atoms with Crippen LogP contribution in [0.25, 0.3) is 11.3 Å². The Balaban J connectivity index is 0.00000541. The summed E-state index contributed by atoms with van der Waals surface area (Å²) in [6.07, 6.45) is 2.08. The van der Waals surface area contributed by atoms with E-state index in [-0.39, 0.29) is 37.9 Å². The number of carbonyl (C=O) groups is 2. The van der Waals surface area contributed by atoms with Gasteiger partial charge in [-0.1, -0.05) is 23.5 Å². The van der Waals surface area contributed by atoms with Crippen LogP contribution in [-0.2, 0) is 39.8 Å². The van der Waals surface area contributed by atoms with Crippen molar-refractivity contribution in [2.45, 2.75) is 52.2 Å². The lowest BCUT2D eigenvalue weighted by Crippen LogP contribution is -2.51. The highest BCUT2D eigenvalue weighted by molar-refractivity contribution is 7.09. The summed E-state index contributed by atoms with van der Waals surface area (Å²) < 4.78 is 43.9. The fraction of sp³-hybridized carbons (Fsp3) is 0.235. The molecule has 11 nitrogen and oxygen atoms in total. The smallest absolute Gasteiger partial charge is 0.416 e. The molecule has 0 fully saturated rings. The van der Waals surface area contributed by atoms with Gasteiger partial charge in [0.05, 0.1) is 28.6 Å². The normalized spacial score (nSPS) is 12.6. The van der Waals surface area contributed by atoms with E-state index in [1.165, 1.54) is 35.5 Å². The van der Waals surface area contributed by atoms with Crippen molar-refractivity contribution in [1.82, 2.24) is 10.2 Å². The maximum absolute atomic E-state index is 15.3. The van der Waals surface area contributed by atoms with Gasteiger partial charge in [-0.25, -0.2) is 18.1 Å². The van der Waals surface area contributed by atoms with E-state index in [0.717, 1.165) is 23.8 Å². The maximum atomic E-state index is 15.3. The molecule has 3 aromatic carbocycles. The van der Waals surface area contributed by atoms with E-state index in [1.807, 2.05) is 13.0 Å². The topological polar surface area (TPSA) is 145 Å². The minimum absolute atomic E-state index is 0. The average molecular weight is 711 g/mol. The standard InChI is InChI=1S/C34H30F2N6O5S.ClH/c1-21-5-4-6-30(27(21)15-46-23(3)43)40-33(44)47-20-42-31(25-9-7-24(14-37)8-10-25)16-48-32(42)22(2)34(45,17-41-18-38-39-19-41)28-13-26(35)11-12-29(28)36;/h4-13,16,18-19,22,45H,15,17,20H2,1-3H3;1H/p+2/t22-,34+;/m0./s1. The number of carbonyl (C=O) groups excluding carboxylic acids is 2. The van der Waals surface area contributed by atoms with Gasteiger partial charge in [0.25, 0.3) is 13.1 Å². The van der Waals surface area contributed by atoms with Crippen LogP contribution in [0.3, 0.4) is 0 Å². The van der Waals surface area contributed by atoms with Crippen LogP contribution in [0.5, 0.6) is 0 Å². The molecule has 0 aliphatic rings. The zero-order chi connectivity index (χ0) is 34.4. The molecular weight excluding hydrogens is 678 g/mol. The highest BCUT2D eigenvalue weighted by atomic mass is 35.5. The molecule has 3 N–H and O–H groups in total. The zero-order valence-corrected chi connectivity index (χ0v) is 28.3. The van der Waals surface area contributed by atoms with Crippen LogP contribution >= 0.6 is 23.7 Å². The minimum Gasteiger partial charge on any atom is -0.461 e. The van der Waals surface area contributed by atoms with E-state index in [2.05, 4.69) is 21.6 Å². The number of aryl methyl sites for hydroxylation is 1. The SMILES string of the molecule is CC(=O)OCc1c(C)cccc1NC(=O)OC[n+]1c(-c2ccc(C#N)cc2)csc1[C@H](C)[C@](O)(C[n+]1cn[nH]c1)c1cc(F)ccc1F.Cl. The number of thiazole rings is 1. The van der Waals surface area contributed by atoms with Gasteiger partial charge in [-0.05, 0) is 67.9 Å². The Kier molecular flexibility index (Phi) is 11.8. The van der Waals surface area contributed by atoms with Crippen LogP contribution in [-0.4, -0.2) is 27.4 Å². The Morgan fingerprint density at radius 3 is 2.59 bits per heavy atom. The number of nitrogens with one attached hydrogen (secondary N) is 2. The molecule has 0 saturated carbocycles. The Hall–Kier alpha value is -5.23. The molecule has 0 aliphatic heterocycles. The summed E-state index contributed by atoms with van der Waals surface area (Å²) in [5, 5.41) is 33.1. The molecule has 0 unspecified atom stereocenters. The van der Waals surface area contributed by atoms with Gasteiger partial charge < -0.3 is 14.6 Å². The summed E-state index contributed by atoms with van der Waals surface area (Å²) in [7, 11) is 0. The highest BCUT2D eigenvalue weighted by Crippen LogP contribution is 2.40. The van der Waals surface area contributed by atoms with Gasteiger partial charge in [0.1, 0.15) is 30.4 Å². The first kappa shape index (κ1) is 36.6. The van der Waals surface area contributed by atoms with Crippen molar-refractivity contribution in [3.05, 3.63) is 118 Å². The zero-order valence-electron chi connectivity index (χ0n) is 26.6. The summed E-state index contributed by atoms with van der Waals surface area (Å²) in [5.74, 6) is -2.90. The van der Waals surface area contributed by atoms with Gasteiger partial charge in [-0.15, -0.1) is 22.1 Å². The minimum atomic E-state index is -2.01. The van der Waals surface area contributed by atoms with E-state index >= 15 is 4.39 Å². The number of aliphatic hydroxyl groups is 1. The molecule has 0 spiro atoms. The Bertz CT molecular complexity index is 1980. The molecule has 15 heteroatoms. The highest BCUT2D eigenvalue weighted by Gasteiger charge is 2.46. The summed E-state index contributed by atoms with van der Waals surface area (Å²) in [5.41, 5.74) is 1.22. The number of H-pyrrole nitrogens is 1. The number of esters is 1. The fourth-order valence-corrected chi connectivity index (χ4v) is 6.50. The third-order valence-corrected chi connectivity index (χ3v) is 9.12. The summed E-state index contributed by atoms with van der Waals surface area (Å²) in [6.45, 7) is 4.19. The largest absolute Gasteiger partial charge is 0.461 e.